The van der Waals surface area contributed by atoms with Crippen LogP contribution in [-0.2, 0) is 17.8 Å². The fourth-order valence-corrected chi connectivity index (χ4v) is 2.12. The van der Waals surface area contributed by atoms with Crippen LogP contribution in [0.3, 0.4) is 0 Å². The van der Waals surface area contributed by atoms with E-state index in [-0.39, 0.29) is 18.0 Å². The molecule has 2 aromatic heterocycles. The maximum atomic E-state index is 11.9. The minimum Gasteiger partial charge on any atom is -0.354 e. The molecule has 0 bridgehead atoms. The Kier molecular flexibility index (Phi) is 3.81. The second-order valence-corrected chi connectivity index (χ2v) is 5.21. The Balaban J connectivity index is 1.54. The van der Waals surface area contributed by atoms with Crippen molar-refractivity contribution in [2.75, 3.05) is 6.54 Å². The highest BCUT2D eigenvalue weighted by Gasteiger charge is 2.25. The van der Waals surface area contributed by atoms with Gasteiger partial charge in [-0.25, -0.2) is 9.67 Å². The number of nitrogens with one attached hydrogen (secondary N) is 2. The maximum absolute atomic E-state index is 11.9. The summed E-state index contributed by atoms with van der Waals surface area (Å²) in [5, 5.41) is 7.03. The smallest absolute Gasteiger partial charge is 0.267 e. The molecule has 1 saturated carbocycles. The summed E-state index contributed by atoms with van der Waals surface area (Å²) < 4.78 is 1.24. The number of hydrogen-bond donors (Lipinski definition) is 2. The van der Waals surface area contributed by atoms with Gasteiger partial charge < -0.3 is 10.3 Å². The van der Waals surface area contributed by atoms with Gasteiger partial charge in [-0.05, 0) is 18.9 Å². The van der Waals surface area contributed by atoms with Gasteiger partial charge in [-0.3, -0.25) is 9.59 Å². The molecule has 1 aliphatic carbocycles. The Labute approximate surface area is 121 Å². The largest absolute Gasteiger partial charge is 0.354 e. The molecule has 1 amide bonds. The summed E-state index contributed by atoms with van der Waals surface area (Å²) in [5.41, 5.74) is 1.62. The van der Waals surface area contributed by atoms with Crippen LogP contribution in [0.5, 0.6) is 0 Å². The third kappa shape index (κ3) is 3.56. The van der Waals surface area contributed by atoms with Crippen LogP contribution in [0.1, 0.15) is 30.1 Å². The Bertz CT molecular complexity index is 673. The van der Waals surface area contributed by atoms with Gasteiger partial charge in [-0.2, -0.15) is 5.10 Å². The minimum absolute atomic E-state index is 0.0393. The van der Waals surface area contributed by atoms with E-state index in [0.29, 0.717) is 18.9 Å². The lowest BCUT2D eigenvalue weighted by atomic mass is 10.3. The van der Waals surface area contributed by atoms with E-state index >= 15 is 0 Å². The Hall–Kier alpha value is -2.44. The first kappa shape index (κ1) is 13.5. The molecule has 110 valence electrons. The SMILES string of the molecule is O=C(Cn1nc(C2CC2)ccc1=O)NCCc1cnc[nH]1. The number of carbonyl (C=O) groups is 1. The van der Waals surface area contributed by atoms with Gasteiger partial charge >= 0.3 is 0 Å². The molecule has 1 fully saturated rings. The molecular formula is C14H17N5O2. The highest BCUT2D eigenvalue weighted by molar-refractivity contribution is 5.75. The lowest BCUT2D eigenvalue weighted by Crippen LogP contribution is -2.34. The van der Waals surface area contributed by atoms with Crippen LogP contribution >= 0.6 is 0 Å². The molecule has 21 heavy (non-hydrogen) atoms. The second-order valence-electron chi connectivity index (χ2n) is 5.21. The Morgan fingerprint density at radius 1 is 1.43 bits per heavy atom. The average Bonchev–Trinajstić information content (AvgIpc) is 3.19. The maximum Gasteiger partial charge on any atom is 0.267 e. The first-order valence-corrected chi connectivity index (χ1v) is 7.04. The molecule has 7 heteroatoms. The summed E-state index contributed by atoms with van der Waals surface area (Å²) in [5.74, 6) is 0.248. The first-order valence-electron chi connectivity index (χ1n) is 7.04. The fraction of sp³-hybridized carbons (Fsp3) is 0.429. The number of nitrogens with zero attached hydrogens (tertiary/aromatic N) is 3. The summed E-state index contributed by atoms with van der Waals surface area (Å²) in [6.07, 6.45) is 6.22. The van der Waals surface area contributed by atoms with Gasteiger partial charge in [-0.1, -0.05) is 0 Å². The number of amides is 1. The van der Waals surface area contributed by atoms with Crippen molar-refractivity contribution in [1.82, 2.24) is 25.1 Å². The van der Waals surface area contributed by atoms with Crippen LogP contribution < -0.4 is 10.9 Å². The number of carbonyl (C=O) groups excluding carboxylic acids is 1. The third-order valence-electron chi connectivity index (χ3n) is 3.45. The van der Waals surface area contributed by atoms with Crippen molar-refractivity contribution in [2.45, 2.75) is 31.7 Å². The molecule has 0 aliphatic heterocycles. The predicted molar refractivity (Wildman–Crippen MR) is 75.8 cm³/mol. The minimum atomic E-state index is -0.247. The van der Waals surface area contributed by atoms with Crippen molar-refractivity contribution in [1.29, 1.82) is 0 Å². The molecule has 0 spiro atoms. The standard InChI is InChI=1S/C14H17N5O2/c20-13(16-6-5-11-7-15-9-17-11)8-19-14(21)4-3-12(18-19)10-1-2-10/h3-4,7,9-10H,1-2,5-6,8H2,(H,15,17)(H,16,20). The van der Waals surface area contributed by atoms with Crippen molar-refractivity contribution in [3.63, 3.8) is 0 Å². The summed E-state index contributed by atoms with van der Waals surface area (Å²) in [4.78, 5) is 30.4. The quantitative estimate of drug-likeness (QED) is 0.794. The molecular weight excluding hydrogens is 270 g/mol. The van der Waals surface area contributed by atoms with Gasteiger partial charge in [0.2, 0.25) is 5.91 Å². The van der Waals surface area contributed by atoms with Gasteiger partial charge in [0.15, 0.2) is 0 Å². The number of hydrogen-bond acceptors (Lipinski definition) is 4. The molecule has 3 rings (SSSR count). The van der Waals surface area contributed by atoms with Crippen molar-refractivity contribution in [2.24, 2.45) is 0 Å². The molecule has 7 nitrogen and oxygen atoms in total. The number of rotatable bonds is 6. The van der Waals surface area contributed by atoms with E-state index in [4.69, 9.17) is 0 Å². The summed E-state index contributed by atoms with van der Waals surface area (Å²) in [6.45, 7) is 0.459. The lowest BCUT2D eigenvalue weighted by Gasteiger charge is -2.07. The van der Waals surface area contributed by atoms with Gasteiger partial charge in [0.25, 0.3) is 5.56 Å². The molecule has 2 N–H and O–H groups in total. The molecule has 0 atom stereocenters. The molecule has 0 aromatic carbocycles. The van der Waals surface area contributed by atoms with Gasteiger partial charge in [0.1, 0.15) is 6.54 Å². The van der Waals surface area contributed by atoms with Crippen molar-refractivity contribution >= 4 is 5.91 Å². The van der Waals surface area contributed by atoms with Crippen LogP contribution in [0.25, 0.3) is 0 Å². The van der Waals surface area contributed by atoms with Crippen LogP contribution in [0.15, 0.2) is 29.5 Å². The molecule has 2 aromatic rings. The van der Waals surface area contributed by atoms with Crippen LogP contribution in [0.4, 0.5) is 0 Å². The highest BCUT2D eigenvalue weighted by Crippen LogP contribution is 2.38. The van der Waals surface area contributed by atoms with Gasteiger partial charge in [0.05, 0.1) is 12.0 Å². The Morgan fingerprint density at radius 3 is 3.00 bits per heavy atom. The van der Waals surface area contributed by atoms with Crippen molar-refractivity contribution in [3.8, 4) is 0 Å². The van der Waals surface area contributed by atoms with E-state index in [1.807, 2.05) is 0 Å². The zero-order valence-electron chi connectivity index (χ0n) is 11.6. The second kappa shape index (κ2) is 5.90. The van der Waals surface area contributed by atoms with Gasteiger partial charge in [0, 0.05) is 36.8 Å². The third-order valence-corrected chi connectivity index (χ3v) is 3.45. The topological polar surface area (TPSA) is 92.7 Å². The number of aromatic nitrogens is 4. The summed E-state index contributed by atoms with van der Waals surface area (Å²) in [7, 11) is 0. The monoisotopic (exact) mass is 287 g/mol. The van der Waals surface area contributed by atoms with Gasteiger partial charge in [-0.15, -0.1) is 0 Å². The number of H-pyrrole nitrogens is 1. The summed E-state index contributed by atoms with van der Waals surface area (Å²) >= 11 is 0. The van der Waals surface area contributed by atoms with E-state index in [2.05, 4.69) is 20.4 Å². The van der Waals surface area contributed by atoms with Crippen LogP contribution in [-0.4, -0.2) is 32.2 Å². The zero-order valence-corrected chi connectivity index (χ0v) is 11.6. The van der Waals surface area contributed by atoms with Crippen LogP contribution in [0.2, 0.25) is 0 Å². The molecule has 0 saturated heterocycles. The van der Waals surface area contributed by atoms with E-state index in [1.165, 1.54) is 10.7 Å². The molecule has 0 unspecified atom stereocenters. The molecule has 1 aliphatic rings. The molecule has 0 radical (unpaired) electrons. The number of imidazole rings is 1. The Morgan fingerprint density at radius 2 is 2.29 bits per heavy atom. The zero-order chi connectivity index (χ0) is 14.7. The first-order chi connectivity index (χ1) is 10.2. The number of aromatic amines is 1. The van der Waals surface area contributed by atoms with E-state index in [1.54, 1.807) is 18.6 Å². The predicted octanol–water partition coefficient (Wildman–Crippen LogP) is 0.203. The summed E-state index contributed by atoms with van der Waals surface area (Å²) in [6, 6.07) is 3.24. The fourth-order valence-electron chi connectivity index (χ4n) is 2.12. The lowest BCUT2D eigenvalue weighted by molar-refractivity contribution is -0.121. The normalized spacial score (nSPS) is 14.1. The van der Waals surface area contributed by atoms with Crippen LogP contribution in [0, 0.1) is 0 Å². The van der Waals surface area contributed by atoms with E-state index in [9.17, 15) is 9.59 Å². The molecule has 2 heterocycles. The average molecular weight is 287 g/mol. The van der Waals surface area contributed by atoms with Crippen molar-refractivity contribution < 1.29 is 4.79 Å². The highest BCUT2D eigenvalue weighted by atomic mass is 16.2. The van der Waals surface area contributed by atoms with E-state index < -0.39 is 0 Å². The van der Waals surface area contributed by atoms with Crippen molar-refractivity contribution in [3.05, 3.63) is 46.4 Å². The van der Waals surface area contributed by atoms with E-state index in [0.717, 1.165) is 24.2 Å².